The minimum atomic E-state index is -0.576. The summed E-state index contributed by atoms with van der Waals surface area (Å²) in [6.07, 6.45) is 4.64. The lowest BCUT2D eigenvalue weighted by Gasteiger charge is -2.28. The summed E-state index contributed by atoms with van der Waals surface area (Å²) in [5.74, 6) is 0.00515. The largest absolute Gasteiger partial charge is 0.348 e. The second-order valence-corrected chi connectivity index (χ2v) is 9.12. The summed E-state index contributed by atoms with van der Waals surface area (Å²) in [5, 5.41) is 0.223. The number of fused-ring (bicyclic) bond motifs is 1. The van der Waals surface area contributed by atoms with Gasteiger partial charge in [-0.2, -0.15) is 11.8 Å². The zero-order chi connectivity index (χ0) is 17.4. The molecule has 140 valence electrons. The summed E-state index contributed by atoms with van der Waals surface area (Å²) in [7, 11) is 0. The molecule has 0 amide bonds. The van der Waals surface area contributed by atoms with Crippen LogP contribution in [0.4, 0.5) is 0 Å². The minimum absolute atomic E-state index is 0.0338. The van der Waals surface area contributed by atoms with Gasteiger partial charge >= 0.3 is 0 Å². The fourth-order valence-corrected chi connectivity index (χ4v) is 5.06. The van der Waals surface area contributed by atoms with Gasteiger partial charge in [0.05, 0.1) is 11.9 Å². The van der Waals surface area contributed by atoms with E-state index in [1.165, 1.54) is 25.7 Å². The molecule has 0 aromatic rings. The van der Waals surface area contributed by atoms with Gasteiger partial charge in [-0.3, -0.25) is 0 Å². The summed E-state index contributed by atoms with van der Waals surface area (Å²) in [4.78, 5) is 0. The van der Waals surface area contributed by atoms with Crippen molar-refractivity contribution in [2.24, 2.45) is 0 Å². The van der Waals surface area contributed by atoms with E-state index in [0.717, 1.165) is 5.75 Å². The molecule has 0 aliphatic carbocycles. The van der Waals surface area contributed by atoms with Gasteiger partial charge in [0.25, 0.3) is 0 Å². The molecular weight excluding hydrogens is 328 g/mol. The van der Waals surface area contributed by atoms with E-state index in [1.54, 1.807) is 0 Å². The maximum Gasteiger partial charge on any atom is 0.188 e. The third-order valence-corrected chi connectivity index (χ3v) is 6.18. The number of rotatable bonds is 7. The highest BCUT2D eigenvalue weighted by molar-refractivity contribution is 8.00. The molecule has 0 spiro atoms. The summed E-state index contributed by atoms with van der Waals surface area (Å²) in [6.45, 7) is 10.6. The third kappa shape index (κ3) is 4.27. The van der Waals surface area contributed by atoms with Crippen LogP contribution in [0.5, 0.6) is 0 Å². The lowest BCUT2D eigenvalue weighted by atomic mass is 10.1. The number of thioether (sulfide) groups is 1. The zero-order valence-electron chi connectivity index (χ0n) is 15.6. The minimum Gasteiger partial charge on any atom is -0.348 e. The third-order valence-electron chi connectivity index (χ3n) is 4.73. The number of ether oxygens (including phenoxy) is 5. The molecule has 0 aromatic carbocycles. The standard InChI is InChI=1S/C18H32O5S/c1-6-7-8-9-10-24-15-13(12-11-19-17(2,3)21-12)20-16-14(15)22-18(4,5)23-16/h12-16H,6-11H2,1-5H3/t12-,13-,14-,15+,16-/m1/s1. The average molecular weight is 361 g/mol. The van der Waals surface area contributed by atoms with Gasteiger partial charge in [0.2, 0.25) is 0 Å². The zero-order valence-corrected chi connectivity index (χ0v) is 16.4. The van der Waals surface area contributed by atoms with Crippen molar-refractivity contribution in [3.05, 3.63) is 0 Å². The predicted octanol–water partition coefficient (Wildman–Crippen LogP) is 3.70. The molecule has 3 aliphatic heterocycles. The van der Waals surface area contributed by atoms with Crippen molar-refractivity contribution in [3.8, 4) is 0 Å². The van der Waals surface area contributed by atoms with Crippen molar-refractivity contribution in [3.63, 3.8) is 0 Å². The Morgan fingerprint density at radius 3 is 2.38 bits per heavy atom. The Bertz CT molecular complexity index is 428. The van der Waals surface area contributed by atoms with Crippen molar-refractivity contribution in [1.82, 2.24) is 0 Å². The van der Waals surface area contributed by atoms with E-state index in [2.05, 4.69) is 6.92 Å². The molecule has 0 bridgehead atoms. The van der Waals surface area contributed by atoms with Crippen molar-refractivity contribution in [2.75, 3.05) is 12.4 Å². The molecule has 0 radical (unpaired) electrons. The topological polar surface area (TPSA) is 46.2 Å². The molecule has 5 atom stereocenters. The van der Waals surface area contributed by atoms with Crippen LogP contribution in [0.25, 0.3) is 0 Å². The molecule has 3 heterocycles. The molecule has 3 saturated heterocycles. The SMILES string of the molecule is CCCCCCS[C@@H]1[C@H]2OC(C)(C)O[C@H]2O[C@@H]1[C@H]1COC(C)(C)O1. The normalized spacial score (nSPS) is 40.1. The van der Waals surface area contributed by atoms with Gasteiger partial charge in [-0.25, -0.2) is 0 Å². The molecule has 3 fully saturated rings. The first kappa shape index (κ1) is 18.9. The molecule has 6 heteroatoms. The van der Waals surface area contributed by atoms with E-state index in [1.807, 2.05) is 39.5 Å². The van der Waals surface area contributed by atoms with Crippen LogP contribution in [-0.2, 0) is 23.7 Å². The molecule has 3 rings (SSSR count). The van der Waals surface area contributed by atoms with Crippen LogP contribution in [0.2, 0.25) is 0 Å². The van der Waals surface area contributed by atoms with E-state index in [4.69, 9.17) is 23.7 Å². The Balaban J connectivity index is 1.62. The maximum atomic E-state index is 6.22. The number of hydrogen-bond acceptors (Lipinski definition) is 6. The van der Waals surface area contributed by atoms with Crippen LogP contribution in [0, 0.1) is 0 Å². The van der Waals surface area contributed by atoms with Crippen molar-refractivity contribution in [1.29, 1.82) is 0 Å². The Labute approximate surface area is 150 Å². The summed E-state index contributed by atoms with van der Waals surface area (Å²) in [5.41, 5.74) is 0. The fourth-order valence-electron chi connectivity index (χ4n) is 3.62. The van der Waals surface area contributed by atoms with Crippen LogP contribution in [-0.4, -0.2) is 53.8 Å². The first-order chi connectivity index (χ1) is 11.3. The Hall–Kier alpha value is 0.150. The van der Waals surface area contributed by atoms with Gasteiger partial charge < -0.3 is 23.7 Å². The maximum absolute atomic E-state index is 6.22. The first-order valence-electron chi connectivity index (χ1n) is 9.26. The Kier molecular flexibility index (Phi) is 5.84. The summed E-state index contributed by atoms with van der Waals surface area (Å²) < 4.78 is 30.1. The smallest absolute Gasteiger partial charge is 0.188 e. The van der Waals surface area contributed by atoms with Gasteiger partial charge in [0.1, 0.15) is 18.3 Å². The highest BCUT2D eigenvalue weighted by atomic mass is 32.2. The van der Waals surface area contributed by atoms with Crippen LogP contribution < -0.4 is 0 Å². The molecule has 0 aromatic heterocycles. The summed E-state index contributed by atoms with van der Waals surface area (Å²) in [6, 6.07) is 0. The van der Waals surface area contributed by atoms with Crippen molar-refractivity contribution < 1.29 is 23.7 Å². The van der Waals surface area contributed by atoms with Gasteiger partial charge in [-0.15, -0.1) is 0 Å². The van der Waals surface area contributed by atoms with E-state index < -0.39 is 11.6 Å². The average Bonchev–Trinajstić information content (AvgIpc) is 3.09. The summed E-state index contributed by atoms with van der Waals surface area (Å²) >= 11 is 1.94. The predicted molar refractivity (Wildman–Crippen MR) is 94.0 cm³/mol. The van der Waals surface area contributed by atoms with E-state index in [0.29, 0.717) is 6.61 Å². The van der Waals surface area contributed by atoms with E-state index >= 15 is 0 Å². The van der Waals surface area contributed by atoms with Crippen molar-refractivity contribution in [2.45, 2.75) is 102 Å². The van der Waals surface area contributed by atoms with Crippen molar-refractivity contribution >= 4 is 11.8 Å². The highest BCUT2D eigenvalue weighted by Crippen LogP contribution is 2.45. The van der Waals surface area contributed by atoms with E-state index in [9.17, 15) is 0 Å². The second-order valence-electron chi connectivity index (χ2n) is 7.83. The fraction of sp³-hybridized carbons (Fsp3) is 1.00. The molecular formula is C18H32O5S. The lowest BCUT2D eigenvalue weighted by Crippen LogP contribution is -2.41. The monoisotopic (exact) mass is 360 g/mol. The van der Waals surface area contributed by atoms with Crippen LogP contribution >= 0.6 is 11.8 Å². The Morgan fingerprint density at radius 1 is 0.917 bits per heavy atom. The molecule has 3 aliphatic rings. The molecule has 5 nitrogen and oxygen atoms in total. The molecule has 0 N–H and O–H groups in total. The van der Waals surface area contributed by atoms with Crippen LogP contribution in [0.1, 0.15) is 60.3 Å². The number of unbranched alkanes of at least 4 members (excludes halogenated alkanes) is 3. The van der Waals surface area contributed by atoms with Gasteiger partial charge in [-0.1, -0.05) is 26.2 Å². The van der Waals surface area contributed by atoms with Gasteiger partial charge in [0, 0.05) is 0 Å². The highest BCUT2D eigenvalue weighted by Gasteiger charge is 2.58. The Morgan fingerprint density at radius 2 is 1.71 bits per heavy atom. The van der Waals surface area contributed by atoms with Gasteiger partial charge in [0.15, 0.2) is 17.9 Å². The quantitative estimate of drug-likeness (QED) is 0.645. The first-order valence-corrected chi connectivity index (χ1v) is 10.3. The molecule has 0 unspecified atom stereocenters. The van der Waals surface area contributed by atoms with E-state index in [-0.39, 0.29) is 29.9 Å². The van der Waals surface area contributed by atoms with Crippen LogP contribution in [0.3, 0.4) is 0 Å². The molecule has 0 saturated carbocycles. The molecule has 24 heavy (non-hydrogen) atoms. The van der Waals surface area contributed by atoms with Crippen LogP contribution in [0.15, 0.2) is 0 Å². The van der Waals surface area contributed by atoms with Gasteiger partial charge in [-0.05, 0) is 39.9 Å². The lowest BCUT2D eigenvalue weighted by molar-refractivity contribution is -0.219. The second kappa shape index (κ2) is 7.41. The number of hydrogen-bond donors (Lipinski definition) is 0.